The summed E-state index contributed by atoms with van der Waals surface area (Å²) in [4.78, 5) is 19.0. The Hall–Kier alpha value is -0.480. The second kappa shape index (κ2) is 12.1. The minimum absolute atomic E-state index is 0.00521. The molecule has 4 fully saturated rings. The molecule has 9 heteroatoms. The van der Waals surface area contributed by atoms with E-state index in [0.717, 1.165) is 65.0 Å². The minimum atomic E-state index is -0.709. The monoisotopic (exact) mass is 525 g/mol. The van der Waals surface area contributed by atoms with Crippen LogP contribution < -0.4 is 27.4 Å². The Balaban J connectivity index is 1.44. The van der Waals surface area contributed by atoms with Crippen LogP contribution in [0.5, 0.6) is 0 Å². The molecule has 7 N–H and O–H groups in total. The van der Waals surface area contributed by atoms with Crippen LogP contribution in [0.25, 0.3) is 0 Å². The Bertz CT molecular complexity index is 715. The SMILES string of the molecule is CC(C)(C)N1CCN(C2CCNCC2NC(=O)C(C(N)N)C2CC3(CCCC3)CCC(Cl)CN2)CC1. The van der Waals surface area contributed by atoms with E-state index in [4.69, 9.17) is 23.1 Å². The maximum Gasteiger partial charge on any atom is 0.227 e. The summed E-state index contributed by atoms with van der Waals surface area (Å²) in [5.74, 6) is -0.473. The van der Waals surface area contributed by atoms with E-state index in [-0.39, 0.29) is 34.3 Å². The van der Waals surface area contributed by atoms with E-state index >= 15 is 0 Å². The van der Waals surface area contributed by atoms with Crippen molar-refractivity contribution in [1.29, 1.82) is 0 Å². The molecule has 1 aliphatic carbocycles. The van der Waals surface area contributed by atoms with Crippen LogP contribution in [0, 0.1) is 11.3 Å². The number of carbonyl (C=O) groups is 1. The molecule has 0 aromatic heterocycles. The summed E-state index contributed by atoms with van der Waals surface area (Å²) >= 11 is 6.64. The molecular weight excluding hydrogens is 474 g/mol. The van der Waals surface area contributed by atoms with Crippen LogP contribution in [0.4, 0.5) is 0 Å². The van der Waals surface area contributed by atoms with E-state index in [2.05, 4.69) is 46.5 Å². The van der Waals surface area contributed by atoms with Gasteiger partial charge in [-0.05, 0) is 71.3 Å². The van der Waals surface area contributed by atoms with E-state index in [1.165, 1.54) is 25.7 Å². The molecule has 0 bridgehead atoms. The van der Waals surface area contributed by atoms with Gasteiger partial charge in [-0.15, -0.1) is 11.6 Å². The first kappa shape index (κ1) is 28.5. The number of hydrogen-bond donors (Lipinski definition) is 5. The zero-order chi connectivity index (χ0) is 25.9. The summed E-state index contributed by atoms with van der Waals surface area (Å²) in [5, 5.41) is 10.6. The summed E-state index contributed by atoms with van der Waals surface area (Å²) in [6.45, 7) is 13.6. The number of piperazine rings is 1. The van der Waals surface area contributed by atoms with Crippen molar-refractivity contribution in [2.75, 3.05) is 45.8 Å². The Morgan fingerprint density at radius 3 is 2.39 bits per heavy atom. The molecule has 1 spiro atoms. The standard InChI is InChI=1S/C27H52ClN7O/c1-26(2,3)35-14-12-34(13-15-35)22-7-11-31-18-21(22)33-25(36)23(24(29)30)20-16-27(8-4-5-9-27)10-6-19(28)17-32-20/h19-24,31-32H,4-18,29-30H2,1-3H3,(H,33,36). The molecule has 0 radical (unpaired) electrons. The van der Waals surface area contributed by atoms with Crippen molar-refractivity contribution >= 4 is 17.5 Å². The van der Waals surface area contributed by atoms with Gasteiger partial charge in [-0.25, -0.2) is 0 Å². The van der Waals surface area contributed by atoms with Crippen molar-refractivity contribution in [2.45, 2.75) is 107 Å². The van der Waals surface area contributed by atoms with E-state index < -0.39 is 12.1 Å². The van der Waals surface area contributed by atoms with Gasteiger partial charge in [0.05, 0.1) is 18.1 Å². The molecule has 208 valence electrons. The maximum atomic E-state index is 13.8. The lowest BCUT2D eigenvalue weighted by atomic mass is 9.72. The number of piperidine rings is 1. The molecule has 0 aromatic carbocycles. The number of hydrogen-bond acceptors (Lipinski definition) is 7. The van der Waals surface area contributed by atoms with Gasteiger partial charge < -0.3 is 27.4 Å². The summed E-state index contributed by atoms with van der Waals surface area (Å²) < 4.78 is 0. The van der Waals surface area contributed by atoms with E-state index in [0.29, 0.717) is 12.6 Å². The second-order valence-corrected chi connectivity index (χ2v) is 13.7. The summed E-state index contributed by atoms with van der Waals surface area (Å²) in [6, 6.07) is 0.351. The molecule has 1 amide bonds. The van der Waals surface area contributed by atoms with E-state index in [1.807, 2.05) is 0 Å². The molecule has 4 aliphatic rings. The topological polar surface area (TPSA) is 112 Å². The quantitative estimate of drug-likeness (QED) is 0.272. The Kier molecular flexibility index (Phi) is 9.62. The number of nitrogens with zero attached hydrogens (tertiary/aromatic N) is 2. The third-order valence-corrected chi connectivity index (χ3v) is 9.94. The number of alkyl halides is 1. The molecule has 4 rings (SSSR count). The van der Waals surface area contributed by atoms with Crippen molar-refractivity contribution in [1.82, 2.24) is 25.8 Å². The smallest absolute Gasteiger partial charge is 0.227 e. The molecule has 3 aliphatic heterocycles. The van der Waals surface area contributed by atoms with E-state index in [1.54, 1.807) is 0 Å². The predicted octanol–water partition coefficient (Wildman–Crippen LogP) is 1.42. The lowest BCUT2D eigenvalue weighted by Crippen LogP contribution is -2.66. The van der Waals surface area contributed by atoms with Crippen molar-refractivity contribution in [2.24, 2.45) is 22.8 Å². The first-order valence-corrected chi connectivity index (χ1v) is 14.9. The van der Waals surface area contributed by atoms with Gasteiger partial charge in [-0.1, -0.05) is 12.8 Å². The van der Waals surface area contributed by atoms with Gasteiger partial charge in [0.15, 0.2) is 0 Å². The lowest BCUT2D eigenvalue weighted by molar-refractivity contribution is -0.128. The first-order chi connectivity index (χ1) is 17.1. The third kappa shape index (κ3) is 6.93. The summed E-state index contributed by atoms with van der Waals surface area (Å²) in [5.41, 5.74) is 13.1. The van der Waals surface area contributed by atoms with Gasteiger partial charge in [0, 0.05) is 62.3 Å². The number of nitrogens with one attached hydrogen (secondary N) is 3. The molecule has 5 atom stereocenters. The van der Waals surface area contributed by atoms with Crippen LogP contribution in [0.1, 0.15) is 72.1 Å². The van der Waals surface area contributed by atoms with Crippen LogP contribution in [-0.4, -0.2) is 96.7 Å². The van der Waals surface area contributed by atoms with Crippen LogP contribution in [0.2, 0.25) is 0 Å². The Morgan fingerprint density at radius 1 is 1.06 bits per heavy atom. The average molecular weight is 526 g/mol. The van der Waals surface area contributed by atoms with Gasteiger partial charge >= 0.3 is 0 Å². The highest BCUT2D eigenvalue weighted by Crippen LogP contribution is 2.47. The van der Waals surface area contributed by atoms with Crippen LogP contribution in [0.15, 0.2) is 0 Å². The zero-order valence-electron chi connectivity index (χ0n) is 22.9. The molecule has 0 aromatic rings. The third-order valence-electron chi connectivity index (χ3n) is 9.56. The van der Waals surface area contributed by atoms with Gasteiger partial charge in [-0.3, -0.25) is 14.6 Å². The largest absolute Gasteiger partial charge is 0.350 e. The van der Waals surface area contributed by atoms with Gasteiger partial charge in [-0.2, -0.15) is 0 Å². The van der Waals surface area contributed by atoms with Crippen molar-refractivity contribution < 1.29 is 4.79 Å². The Labute approximate surface area is 224 Å². The fourth-order valence-corrected chi connectivity index (χ4v) is 7.57. The molecule has 1 saturated carbocycles. The average Bonchev–Trinajstić information content (AvgIpc) is 3.29. The van der Waals surface area contributed by atoms with Gasteiger partial charge in [0.2, 0.25) is 5.91 Å². The van der Waals surface area contributed by atoms with Crippen LogP contribution in [0.3, 0.4) is 0 Å². The number of halogens is 1. The predicted molar refractivity (Wildman–Crippen MR) is 148 cm³/mol. The van der Waals surface area contributed by atoms with Crippen molar-refractivity contribution in [3.8, 4) is 0 Å². The Morgan fingerprint density at radius 2 is 1.75 bits per heavy atom. The minimum Gasteiger partial charge on any atom is -0.350 e. The molecule has 36 heavy (non-hydrogen) atoms. The van der Waals surface area contributed by atoms with Gasteiger partial charge in [0.1, 0.15) is 0 Å². The second-order valence-electron chi connectivity index (χ2n) is 13.0. The lowest BCUT2D eigenvalue weighted by Gasteiger charge is -2.48. The fourth-order valence-electron chi connectivity index (χ4n) is 7.38. The molecule has 3 heterocycles. The van der Waals surface area contributed by atoms with Gasteiger partial charge in [0.25, 0.3) is 0 Å². The fraction of sp³-hybridized carbons (Fsp3) is 0.963. The van der Waals surface area contributed by atoms with Crippen LogP contribution in [-0.2, 0) is 4.79 Å². The highest BCUT2D eigenvalue weighted by atomic mass is 35.5. The number of rotatable bonds is 5. The molecular formula is C27H52ClN7O. The van der Waals surface area contributed by atoms with E-state index in [9.17, 15) is 4.79 Å². The normalized spacial score (nSPS) is 33.9. The van der Waals surface area contributed by atoms with Crippen molar-refractivity contribution in [3.63, 3.8) is 0 Å². The highest BCUT2D eigenvalue weighted by Gasteiger charge is 2.43. The maximum absolute atomic E-state index is 13.8. The number of nitrogens with two attached hydrogens (primary N) is 2. The first-order valence-electron chi connectivity index (χ1n) is 14.5. The zero-order valence-corrected chi connectivity index (χ0v) is 23.7. The van der Waals surface area contributed by atoms with Crippen molar-refractivity contribution in [3.05, 3.63) is 0 Å². The highest BCUT2D eigenvalue weighted by molar-refractivity contribution is 6.20. The number of carbonyl (C=O) groups excluding carboxylic acids is 1. The molecule has 3 saturated heterocycles. The molecule has 8 nitrogen and oxygen atoms in total. The summed E-state index contributed by atoms with van der Waals surface area (Å²) in [7, 11) is 0. The summed E-state index contributed by atoms with van der Waals surface area (Å²) in [6.07, 6.45) is 8.44. The van der Waals surface area contributed by atoms with Crippen LogP contribution >= 0.6 is 11.6 Å². The number of amides is 1. The molecule has 5 unspecified atom stereocenters.